The molecule has 3 rings (SSSR count). The Morgan fingerprint density at radius 1 is 1.27 bits per heavy atom. The summed E-state index contributed by atoms with van der Waals surface area (Å²) >= 11 is 0. The fraction of sp³-hybridized carbons (Fsp3) is 0.353. The summed E-state index contributed by atoms with van der Waals surface area (Å²) in [5.41, 5.74) is -0.221. The number of benzene rings is 1. The summed E-state index contributed by atoms with van der Waals surface area (Å²) in [6.45, 7) is 1.89. The van der Waals surface area contributed by atoms with Crippen LogP contribution in [-0.2, 0) is 11.0 Å². The molecule has 1 aliphatic heterocycles. The second kappa shape index (κ2) is 6.47. The van der Waals surface area contributed by atoms with Gasteiger partial charge in [0.15, 0.2) is 0 Å². The SMILES string of the molecule is Cc1onc(-c2ccc(C(F)(F)F)cc2)c1C(=O)N1CCC(C(=O)O)C1. The molecule has 0 radical (unpaired) electrons. The summed E-state index contributed by atoms with van der Waals surface area (Å²) in [5.74, 6) is -1.81. The third-order valence-electron chi connectivity index (χ3n) is 4.39. The molecule has 1 atom stereocenters. The number of rotatable bonds is 3. The Labute approximate surface area is 146 Å². The number of hydrogen-bond acceptors (Lipinski definition) is 4. The molecule has 0 spiro atoms. The number of carbonyl (C=O) groups is 2. The van der Waals surface area contributed by atoms with Crippen LogP contribution >= 0.6 is 0 Å². The van der Waals surface area contributed by atoms with Crippen LogP contribution in [0.1, 0.15) is 28.1 Å². The number of carboxylic acid groups (broad SMARTS) is 1. The zero-order chi connectivity index (χ0) is 19.1. The van der Waals surface area contributed by atoms with Crippen LogP contribution < -0.4 is 0 Å². The Balaban J connectivity index is 1.90. The van der Waals surface area contributed by atoms with E-state index in [2.05, 4.69) is 5.16 Å². The summed E-state index contributed by atoms with van der Waals surface area (Å²) in [5, 5.41) is 12.9. The number of halogens is 3. The van der Waals surface area contributed by atoms with E-state index >= 15 is 0 Å². The second-order valence-corrected chi connectivity index (χ2v) is 6.11. The third kappa shape index (κ3) is 3.29. The van der Waals surface area contributed by atoms with Crippen molar-refractivity contribution in [3.8, 4) is 11.3 Å². The first-order valence-electron chi connectivity index (χ1n) is 7.84. The topological polar surface area (TPSA) is 83.6 Å². The zero-order valence-electron chi connectivity index (χ0n) is 13.7. The predicted octanol–water partition coefficient (Wildman–Crippen LogP) is 3.22. The van der Waals surface area contributed by atoms with E-state index in [1.165, 1.54) is 24.0 Å². The van der Waals surface area contributed by atoms with E-state index in [9.17, 15) is 22.8 Å². The van der Waals surface area contributed by atoms with Crippen molar-refractivity contribution in [3.63, 3.8) is 0 Å². The number of carbonyl (C=O) groups excluding carboxylic acids is 1. The van der Waals surface area contributed by atoms with Crippen LogP contribution in [0.4, 0.5) is 13.2 Å². The second-order valence-electron chi connectivity index (χ2n) is 6.11. The molecular formula is C17H15F3N2O4. The molecule has 1 saturated heterocycles. The molecule has 1 aromatic carbocycles. The van der Waals surface area contributed by atoms with Crippen molar-refractivity contribution in [2.24, 2.45) is 5.92 Å². The Morgan fingerprint density at radius 3 is 2.46 bits per heavy atom. The minimum absolute atomic E-state index is 0.0746. The Morgan fingerprint density at radius 2 is 1.92 bits per heavy atom. The highest BCUT2D eigenvalue weighted by molar-refractivity contribution is 6.01. The number of aromatic nitrogens is 1. The maximum absolute atomic E-state index is 12.8. The lowest BCUT2D eigenvalue weighted by Crippen LogP contribution is -2.30. The number of aliphatic carboxylic acids is 1. The van der Waals surface area contributed by atoms with E-state index in [0.29, 0.717) is 12.0 Å². The van der Waals surface area contributed by atoms with Crippen molar-refractivity contribution in [3.05, 3.63) is 41.2 Å². The van der Waals surface area contributed by atoms with E-state index in [-0.39, 0.29) is 30.1 Å². The summed E-state index contributed by atoms with van der Waals surface area (Å²) in [7, 11) is 0. The molecule has 1 aromatic heterocycles. The van der Waals surface area contributed by atoms with Crippen molar-refractivity contribution in [2.45, 2.75) is 19.5 Å². The van der Waals surface area contributed by atoms with E-state index in [1.807, 2.05) is 0 Å². The van der Waals surface area contributed by atoms with Gasteiger partial charge >= 0.3 is 12.1 Å². The monoisotopic (exact) mass is 368 g/mol. The van der Waals surface area contributed by atoms with Gasteiger partial charge in [-0.05, 0) is 25.5 Å². The molecule has 0 saturated carbocycles. The summed E-state index contributed by atoms with van der Waals surface area (Å²) < 4.78 is 43.2. The fourth-order valence-corrected chi connectivity index (χ4v) is 2.94. The molecule has 1 N–H and O–H groups in total. The van der Waals surface area contributed by atoms with Crippen LogP contribution in [0.15, 0.2) is 28.8 Å². The third-order valence-corrected chi connectivity index (χ3v) is 4.39. The molecule has 2 aromatic rings. The van der Waals surface area contributed by atoms with Gasteiger partial charge in [0.2, 0.25) is 0 Å². The first kappa shape index (κ1) is 18.0. The van der Waals surface area contributed by atoms with Gasteiger partial charge in [-0.3, -0.25) is 9.59 Å². The minimum atomic E-state index is -4.46. The van der Waals surface area contributed by atoms with Gasteiger partial charge in [0.25, 0.3) is 5.91 Å². The lowest BCUT2D eigenvalue weighted by molar-refractivity contribution is -0.141. The van der Waals surface area contributed by atoms with Crippen molar-refractivity contribution in [2.75, 3.05) is 13.1 Å². The molecule has 6 nitrogen and oxygen atoms in total. The number of alkyl halides is 3. The minimum Gasteiger partial charge on any atom is -0.481 e. The molecule has 1 fully saturated rings. The smallest absolute Gasteiger partial charge is 0.416 e. The van der Waals surface area contributed by atoms with Crippen LogP contribution in [-0.4, -0.2) is 40.1 Å². The summed E-state index contributed by atoms with van der Waals surface area (Å²) in [6.07, 6.45) is -4.11. The molecule has 9 heteroatoms. The zero-order valence-corrected chi connectivity index (χ0v) is 13.7. The van der Waals surface area contributed by atoms with Gasteiger partial charge < -0.3 is 14.5 Å². The standard InChI is InChI=1S/C17H15F3N2O4/c1-9-13(15(23)22-7-6-11(8-22)16(24)25)14(21-26-9)10-2-4-12(5-3-10)17(18,19)20/h2-5,11H,6-8H2,1H3,(H,24,25). The number of amides is 1. The molecule has 0 bridgehead atoms. The van der Waals surface area contributed by atoms with E-state index in [0.717, 1.165) is 12.1 Å². The van der Waals surface area contributed by atoms with Crippen LogP contribution in [0, 0.1) is 12.8 Å². The number of carboxylic acids is 1. The fourth-order valence-electron chi connectivity index (χ4n) is 2.94. The van der Waals surface area contributed by atoms with Gasteiger partial charge in [0, 0.05) is 18.7 Å². The van der Waals surface area contributed by atoms with Gasteiger partial charge in [0.1, 0.15) is 17.0 Å². The first-order valence-corrected chi connectivity index (χ1v) is 7.84. The average Bonchev–Trinajstić information content (AvgIpc) is 3.20. The Hall–Kier alpha value is -2.84. The molecular weight excluding hydrogens is 353 g/mol. The molecule has 1 unspecified atom stereocenters. The molecule has 26 heavy (non-hydrogen) atoms. The molecule has 1 amide bonds. The van der Waals surface area contributed by atoms with Crippen LogP contribution in [0.5, 0.6) is 0 Å². The first-order chi connectivity index (χ1) is 12.2. The summed E-state index contributed by atoms with van der Waals surface area (Å²) in [4.78, 5) is 25.2. The van der Waals surface area contributed by atoms with E-state index in [4.69, 9.17) is 9.63 Å². The normalized spacial score (nSPS) is 17.5. The molecule has 0 aliphatic carbocycles. The molecule has 1 aliphatic rings. The van der Waals surface area contributed by atoms with E-state index in [1.54, 1.807) is 0 Å². The highest BCUT2D eigenvalue weighted by atomic mass is 19.4. The van der Waals surface area contributed by atoms with Gasteiger partial charge in [-0.25, -0.2) is 0 Å². The van der Waals surface area contributed by atoms with Crippen molar-refractivity contribution in [1.82, 2.24) is 10.1 Å². The number of nitrogens with zero attached hydrogens (tertiary/aromatic N) is 2. The van der Waals surface area contributed by atoms with Gasteiger partial charge in [0.05, 0.1) is 11.5 Å². The van der Waals surface area contributed by atoms with Gasteiger partial charge in [-0.2, -0.15) is 13.2 Å². The van der Waals surface area contributed by atoms with Crippen molar-refractivity contribution in [1.29, 1.82) is 0 Å². The van der Waals surface area contributed by atoms with Crippen LogP contribution in [0.2, 0.25) is 0 Å². The largest absolute Gasteiger partial charge is 0.481 e. The number of hydrogen-bond donors (Lipinski definition) is 1. The predicted molar refractivity (Wildman–Crippen MR) is 83.3 cm³/mol. The average molecular weight is 368 g/mol. The van der Waals surface area contributed by atoms with Gasteiger partial charge in [-0.15, -0.1) is 0 Å². The quantitative estimate of drug-likeness (QED) is 0.899. The summed E-state index contributed by atoms with van der Waals surface area (Å²) in [6, 6.07) is 4.26. The van der Waals surface area contributed by atoms with E-state index < -0.39 is 29.5 Å². The lowest BCUT2D eigenvalue weighted by Gasteiger charge is -2.16. The maximum atomic E-state index is 12.8. The number of aryl methyl sites for hydroxylation is 1. The van der Waals surface area contributed by atoms with Gasteiger partial charge in [-0.1, -0.05) is 17.3 Å². The van der Waals surface area contributed by atoms with Crippen molar-refractivity contribution >= 4 is 11.9 Å². The van der Waals surface area contributed by atoms with Crippen LogP contribution in [0.3, 0.4) is 0 Å². The van der Waals surface area contributed by atoms with Crippen molar-refractivity contribution < 1.29 is 32.4 Å². The molecule has 138 valence electrons. The Bertz CT molecular complexity index is 843. The van der Waals surface area contributed by atoms with Crippen LogP contribution in [0.25, 0.3) is 11.3 Å². The molecule has 2 heterocycles. The highest BCUT2D eigenvalue weighted by Crippen LogP contribution is 2.33. The Kier molecular flexibility index (Phi) is 4.47. The number of likely N-dealkylation sites (tertiary alicyclic amines) is 1. The maximum Gasteiger partial charge on any atom is 0.416 e. The lowest BCUT2D eigenvalue weighted by atomic mass is 10.0. The highest BCUT2D eigenvalue weighted by Gasteiger charge is 2.35.